The van der Waals surface area contributed by atoms with Gasteiger partial charge in [0.15, 0.2) is 5.17 Å². The van der Waals surface area contributed by atoms with Crippen LogP contribution >= 0.6 is 35.8 Å². The summed E-state index contributed by atoms with van der Waals surface area (Å²) < 4.78 is 0. The lowest BCUT2D eigenvalue weighted by molar-refractivity contribution is -0.113. The molecule has 1 amide bonds. The van der Waals surface area contributed by atoms with E-state index < -0.39 is 0 Å². The number of anilines is 1. The molecular weight excluding hydrogens is 293 g/mol. The number of aliphatic imine (C=N–C) groups is 1. The van der Waals surface area contributed by atoms with Crippen LogP contribution in [0, 0.1) is 0 Å². The van der Waals surface area contributed by atoms with Crippen molar-refractivity contribution in [1.82, 2.24) is 5.32 Å². The number of amides is 1. The number of nitrogens with zero attached hydrogens (tertiary/aromatic N) is 1. The predicted molar refractivity (Wildman–Crippen MR) is 80.1 cm³/mol. The van der Waals surface area contributed by atoms with Crippen molar-refractivity contribution in [2.75, 3.05) is 24.2 Å². The quantitative estimate of drug-likeness (QED) is 0.901. The minimum Gasteiger partial charge on any atom is -0.363 e. The molecule has 1 aromatic rings. The van der Waals surface area contributed by atoms with Gasteiger partial charge in [-0.3, -0.25) is 9.79 Å². The molecule has 0 saturated heterocycles. The molecule has 4 nitrogen and oxygen atoms in total. The van der Waals surface area contributed by atoms with Crippen molar-refractivity contribution < 1.29 is 4.79 Å². The van der Waals surface area contributed by atoms with Gasteiger partial charge in [0.25, 0.3) is 0 Å². The first-order valence-electron chi connectivity index (χ1n) is 5.20. The maximum atomic E-state index is 11.6. The van der Waals surface area contributed by atoms with Crippen LogP contribution < -0.4 is 10.6 Å². The van der Waals surface area contributed by atoms with Gasteiger partial charge in [0.1, 0.15) is 0 Å². The Morgan fingerprint density at radius 1 is 1.44 bits per heavy atom. The molecule has 98 valence electrons. The summed E-state index contributed by atoms with van der Waals surface area (Å²) in [4.78, 5) is 15.8. The van der Waals surface area contributed by atoms with Gasteiger partial charge >= 0.3 is 0 Å². The zero-order chi connectivity index (χ0) is 12.1. The SMILES string of the molecule is Cl.O=C(CSC1=NCCN1)Nc1ccc(Cl)cc1. The second-order valence-electron chi connectivity index (χ2n) is 3.46. The van der Waals surface area contributed by atoms with E-state index in [1.165, 1.54) is 11.8 Å². The highest BCUT2D eigenvalue weighted by Gasteiger charge is 2.09. The minimum absolute atomic E-state index is 0. The second kappa shape index (κ2) is 7.51. The molecule has 0 unspecified atom stereocenters. The van der Waals surface area contributed by atoms with Gasteiger partial charge in [-0.2, -0.15) is 0 Å². The molecule has 1 heterocycles. The van der Waals surface area contributed by atoms with Gasteiger partial charge in [-0.1, -0.05) is 23.4 Å². The number of thioether (sulfide) groups is 1. The number of rotatable bonds is 3. The molecule has 0 radical (unpaired) electrons. The summed E-state index contributed by atoms with van der Waals surface area (Å²) in [6, 6.07) is 7.03. The van der Waals surface area contributed by atoms with E-state index in [0.717, 1.165) is 23.9 Å². The molecule has 1 aliphatic heterocycles. The lowest BCUT2D eigenvalue weighted by Crippen LogP contribution is -2.20. The van der Waals surface area contributed by atoms with Crippen molar-refractivity contribution in [1.29, 1.82) is 0 Å². The lowest BCUT2D eigenvalue weighted by atomic mass is 10.3. The number of benzene rings is 1. The van der Waals surface area contributed by atoms with Crippen LogP contribution in [0.15, 0.2) is 29.3 Å². The van der Waals surface area contributed by atoms with Crippen molar-refractivity contribution >= 4 is 52.5 Å². The molecule has 0 spiro atoms. The maximum absolute atomic E-state index is 11.6. The van der Waals surface area contributed by atoms with E-state index in [-0.39, 0.29) is 18.3 Å². The largest absolute Gasteiger partial charge is 0.363 e. The predicted octanol–water partition coefficient (Wildman–Crippen LogP) is 2.39. The highest BCUT2D eigenvalue weighted by molar-refractivity contribution is 8.14. The molecule has 0 aromatic heterocycles. The monoisotopic (exact) mass is 305 g/mol. The van der Waals surface area contributed by atoms with E-state index >= 15 is 0 Å². The number of hydrogen-bond donors (Lipinski definition) is 2. The summed E-state index contributed by atoms with van der Waals surface area (Å²) >= 11 is 7.17. The Morgan fingerprint density at radius 2 is 2.17 bits per heavy atom. The Morgan fingerprint density at radius 3 is 2.78 bits per heavy atom. The van der Waals surface area contributed by atoms with Crippen LogP contribution in [0.2, 0.25) is 5.02 Å². The van der Waals surface area contributed by atoms with Crippen LogP contribution in [-0.4, -0.2) is 29.9 Å². The average Bonchev–Trinajstić information content (AvgIpc) is 2.83. The highest BCUT2D eigenvalue weighted by atomic mass is 35.5. The Kier molecular flexibility index (Phi) is 6.32. The summed E-state index contributed by atoms with van der Waals surface area (Å²) in [6.45, 7) is 1.66. The molecule has 0 aliphatic carbocycles. The number of amidine groups is 1. The second-order valence-corrected chi connectivity index (χ2v) is 4.86. The molecule has 18 heavy (non-hydrogen) atoms. The maximum Gasteiger partial charge on any atom is 0.234 e. The number of carbonyl (C=O) groups is 1. The molecule has 0 saturated carbocycles. The smallest absolute Gasteiger partial charge is 0.234 e. The summed E-state index contributed by atoms with van der Waals surface area (Å²) in [6.07, 6.45) is 0. The zero-order valence-corrected chi connectivity index (χ0v) is 11.9. The third-order valence-electron chi connectivity index (χ3n) is 2.11. The van der Waals surface area contributed by atoms with E-state index in [1.54, 1.807) is 24.3 Å². The number of hydrogen-bond acceptors (Lipinski definition) is 4. The summed E-state index contributed by atoms with van der Waals surface area (Å²) in [5, 5.41) is 7.39. The Bertz CT molecular complexity index is 436. The van der Waals surface area contributed by atoms with Crippen molar-refractivity contribution in [3.63, 3.8) is 0 Å². The van der Waals surface area contributed by atoms with Gasteiger partial charge in [0.05, 0.1) is 12.3 Å². The van der Waals surface area contributed by atoms with Crippen molar-refractivity contribution in [3.05, 3.63) is 29.3 Å². The molecule has 2 rings (SSSR count). The first-order valence-corrected chi connectivity index (χ1v) is 6.57. The molecule has 1 aromatic carbocycles. The van der Waals surface area contributed by atoms with Crippen LogP contribution in [0.25, 0.3) is 0 Å². The van der Waals surface area contributed by atoms with Gasteiger partial charge in [-0.25, -0.2) is 0 Å². The van der Waals surface area contributed by atoms with Crippen molar-refractivity contribution in [3.8, 4) is 0 Å². The van der Waals surface area contributed by atoms with Crippen LogP contribution in [0.3, 0.4) is 0 Å². The molecule has 7 heteroatoms. The normalized spacial score (nSPS) is 13.3. The third-order valence-corrected chi connectivity index (χ3v) is 3.32. The van der Waals surface area contributed by atoms with E-state index in [1.807, 2.05) is 0 Å². The van der Waals surface area contributed by atoms with Crippen molar-refractivity contribution in [2.24, 2.45) is 4.99 Å². The Labute approximate surface area is 121 Å². The van der Waals surface area contributed by atoms with Gasteiger partial charge in [0, 0.05) is 17.3 Å². The van der Waals surface area contributed by atoms with Crippen LogP contribution in [0.1, 0.15) is 0 Å². The Hall–Kier alpha value is -0.910. The van der Waals surface area contributed by atoms with Gasteiger partial charge in [-0.15, -0.1) is 12.4 Å². The van der Waals surface area contributed by atoms with E-state index in [9.17, 15) is 4.79 Å². The van der Waals surface area contributed by atoms with Gasteiger partial charge < -0.3 is 10.6 Å². The fourth-order valence-electron chi connectivity index (χ4n) is 1.34. The summed E-state index contributed by atoms with van der Waals surface area (Å²) in [7, 11) is 0. The molecule has 0 bridgehead atoms. The average molecular weight is 306 g/mol. The number of halogens is 2. The molecule has 1 aliphatic rings. The van der Waals surface area contributed by atoms with Crippen LogP contribution in [-0.2, 0) is 4.79 Å². The highest BCUT2D eigenvalue weighted by Crippen LogP contribution is 2.14. The van der Waals surface area contributed by atoms with E-state index in [0.29, 0.717) is 10.8 Å². The lowest BCUT2D eigenvalue weighted by Gasteiger charge is -2.05. The number of carbonyl (C=O) groups excluding carboxylic acids is 1. The summed E-state index contributed by atoms with van der Waals surface area (Å²) in [5.74, 6) is 0.308. The fourth-order valence-corrected chi connectivity index (χ4v) is 2.19. The topological polar surface area (TPSA) is 53.5 Å². The molecule has 2 N–H and O–H groups in total. The first-order chi connectivity index (χ1) is 8.24. The van der Waals surface area contributed by atoms with Crippen LogP contribution in [0.4, 0.5) is 5.69 Å². The van der Waals surface area contributed by atoms with Gasteiger partial charge in [0.2, 0.25) is 5.91 Å². The molecule has 0 atom stereocenters. The van der Waals surface area contributed by atoms with Crippen LogP contribution in [0.5, 0.6) is 0 Å². The van der Waals surface area contributed by atoms with Gasteiger partial charge in [-0.05, 0) is 24.3 Å². The van der Waals surface area contributed by atoms with E-state index in [2.05, 4.69) is 15.6 Å². The number of nitrogens with one attached hydrogen (secondary N) is 2. The fraction of sp³-hybridized carbons (Fsp3) is 0.273. The van der Waals surface area contributed by atoms with E-state index in [4.69, 9.17) is 11.6 Å². The molecule has 0 fully saturated rings. The standard InChI is InChI=1S/C11H12ClN3OS.ClH/c12-8-1-3-9(4-2-8)15-10(16)7-17-11-13-5-6-14-11;/h1-4H,5-7H2,(H,13,14)(H,15,16);1H. The molecular formula is C11H13Cl2N3OS. The summed E-state index contributed by atoms with van der Waals surface area (Å²) in [5.41, 5.74) is 0.751. The third kappa shape index (κ3) is 4.76. The minimum atomic E-state index is -0.0475. The zero-order valence-electron chi connectivity index (χ0n) is 9.48. The first kappa shape index (κ1) is 15.1. The van der Waals surface area contributed by atoms with Crippen molar-refractivity contribution in [2.45, 2.75) is 0 Å². The Balaban J connectivity index is 0.00000162.